The second kappa shape index (κ2) is 2.90. The van der Waals surface area contributed by atoms with E-state index >= 15 is 0 Å². The van der Waals surface area contributed by atoms with Gasteiger partial charge in [0.05, 0.1) is 6.21 Å². The third-order valence-electron chi connectivity index (χ3n) is 1.71. The van der Waals surface area contributed by atoms with Gasteiger partial charge in [-0.25, -0.2) is 9.80 Å². The molecular formula is C6H8F3N3O. The van der Waals surface area contributed by atoms with Gasteiger partial charge in [0.1, 0.15) is 0 Å². The molecule has 4 nitrogen and oxygen atoms in total. The third-order valence-corrected chi connectivity index (χ3v) is 1.71. The molecule has 1 rings (SSSR count). The van der Waals surface area contributed by atoms with Crippen molar-refractivity contribution in [2.24, 2.45) is 5.10 Å². The quantitative estimate of drug-likeness (QED) is 0.565. The maximum atomic E-state index is 12.2. The molecule has 0 radical (unpaired) electrons. The minimum absolute atomic E-state index is 0.590. The van der Waals surface area contributed by atoms with Crippen LogP contribution in [0.5, 0.6) is 0 Å². The van der Waals surface area contributed by atoms with Gasteiger partial charge in [-0.3, -0.25) is 0 Å². The molecule has 1 aliphatic rings. The normalized spacial score (nSPS) is 24.1. The lowest BCUT2D eigenvalue weighted by molar-refractivity contribution is -0.156. The highest BCUT2D eigenvalue weighted by Gasteiger charge is 2.45. The van der Waals surface area contributed by atoms with E-state index in [0.717, 1.165) is 12.1 Å². The maximum Gasteiger partial charge on any atom is 0.414 e. The highest BCUT2D eigenvalue weighted by atomic mass is 19.4. The highest BCUT2D eigenvalue weighted by Crippen LogP contribution is 2.25. The summed E-state index contributed by atoms with van der Waals surface area (Å²) in [5.74, 6) is 0. The molecule has 2 amide bonds. The van der Waals surface area contributed by atoms with Crippen molar-refractivity contribution in [3.63, 3.8) is 0 Å². The lowest BCUT2D eigenvalue weighted by Crippen LogP contribution is -2.53. The molecule has 7 heteroatoms. The summed E-state index contributed by atoms with van der Waals surface area (Å²) < 4.78 is 36.6. The van der Waals surface area contributed by atoms with Crippen molar-refractivity contribution < 1.29 is 18.0 Å². The Morgan fingerprint density at radius 3 is 2.46 bits per heavy atom. The van der Waals surface area contributed by atoms with E-state index in [4.69, 9.17) is 0 Å². The van der Waals surface area contributed by atoms with Gasteiger partial charge in [-0.1, -0.05) is 0 Å². The van der Waals surface area contributed by atoms with E-state index in [-0.39, 0.29) is 0 Å². The summed E-state index contributed by atoms with van der Waals surface area (Å²) in [6.07, 6.45) is -3.77. The topological polar surface area (TPSA) is 35.9 Å². The first-order chi connectivity index (χ1) is 5.84. The van der Waals surface area contributed by atoms with Gasteiger partial charge in [0, 0.05) is 14.1 Å². The van der Waals surface area contributed by atoms with Crippen LogP contribution in [-0.2, 0) is 0 Å². The van der Waals surface area contributed by atoms with Crippen molar-refractivity contribution in [1.82, 2.24) is 9.91 Å². The van der Waals surface area contributed by atoms with Crippen LogP contribution in [0.2, 0.25) is 0 Å². The SMILES string of the molecule is CN1N=CC(C(F)(F)F)N(C)C1=O. The predicted octanol–water partition coefficient (Wildman–Crippen LogP) is 0.900. The van der Waals surface area contributed by atoms with Gasteiger partial charge in [-0.05, 0) is 0 Å². The number of rotatable bonds is 0. The minimum atomic E-state index is -4.46. The van der Waals surface area contributed by atoms with E-state index in [2.05, 4.69) is 5.10 Å². The van der Waals surface area contributed by atoms with Crippen LogP contribution in [0.4, 0.5) is 18.0 Å². The smallest absolute Gasteiger partial charge is 0.309 e. The highest BCUT2D eigenvalue weighted by molar-refractivity contribution is 5.83. The van der Waals surface area contributed by atoms with Crippen LogP contribution in [0.15, 0.2) is 5.10 Å². The number of amides is 2. The summed E-state index contributed by atoms with van der Waals surface area (Å²) in [5, 5.41) is 4.16. The molecule has 74 valence electrons. The number of nitrogens with zero attached hydrogens (tertiary/aromatic N) is 3. The number of carbonyl (C=O) groups excluding carboxylic acids is 1. The second-order valence-electron chi connectivity index (χ2n) is 2.67. The van der Waals surface area contributed by atoms with Crippen molar-refractivity contribution in [1.29, 1.82) is 0 Å². The van der Waals surface area contributed by atoms with E-state index in [1.54, 1.807) is 0 Å². The van der Waals surface area contributed by atoms with Gasteiger partial charge >= 0.3 is 12.2 Å². The molecule has 0 aliphatic carbocycles. The Morgan fingerprint density at radius 2 is 2.00 bits per heavy atom. The first-order valence-corrected chi connectivity index (χ1v) is 3.45. The lowest BCUT2D eigenvalue weighted by atomic mass is 10.3. The number of halogens is 3. The van der Waals surface area contributed by atoms with Gasteiger partial charge in [0.2, 0.25) is 0 Å². The van der Waals surface area contributed by atoms with Crippen LogP contribution >= 0.6 is 0 Å². The number of hydrogen-bond donors (Lipinski definition) is 0. The van der Waals surface area contributed by atoms with E-state index in [1.165, 1.54) is 7.05 Å². The molecule has 1 unspecified atom stereocenters. The molecule has 0 saturated carbocycles. The zero-order valence-electron chi connectivity index (χ0n) is 7.04. The van der Waals surface area contributed by atoms with Crippen LogP contribution in [-0.4, -0.2) is 48.5 Å². The van der Waals surface area contributed by atoms with E-state index in [9.17, 15) is 18.0 Å². The fourth-order valence-electron chi connectivity index (χ4n) is 0.964. The zero-order chi connectivity index (χ0) is 10.2. The monoisotopic (exact) mass is 195 g/mol. The van der Waals surface area contributed by atoms with Crippen molar-refractivity contribution >= 4 is 12.2 Å². The van der Waals surface area contributed by atoms with E-state index in [0.29, 0.717) is 11.1 Å². The predicted molar refractivity (Wildman–Crippen MR) is 39.3 cm³/mol. The van der Waals surface area contributed by atoms with Crippen molar-refractivity contribution in [2.45, 2.75) is 12.2 Å². The van der Waals surface area contributed by atoms with Crippen LogP contribution in [0.3, 0.4) is 0 Å². The number of hydrazone groups is 1. The van der Waals surface area contributed by atoms with Crippen molar-refractivity contribution in [2.75, 3.05) is 14.1 Å². The average Bonchev–Trinajstić information content (AvgIpc) is 1.98. The van der Waals surface area contributed by atoms with Crippen molar-refractivity contribution in [3.8, 4) is 0 Å². The van der Waals surface area contributed by atoms with Crippen molar-refractivity contribution in [3.05, 3.63) is 0 Å². The summed E-state index contributed by atoms with van der Waals surface area (Å²) in [5.41, 5.74) is 0. The fourth-order valence-corrected chi connectivity index (χ4v) is 0.964. The Morgan fingerprint density at radius 1 is 1.46 bits per heavy atom. The molecule has 0 bridgehead atoms. The number of alkyl halides is 3. The molecule has 0 aromatic heterocycles. The molecule has 1 aliphatic heterocycles. The molecule has 1 atom stereocenters. The summed E-state index contributed by atoms with van der Waals surface area (Å²) in [4.78, 5) is 11.6. The minimum Gasteiger partial charge on any atom is -0.309 e. The molecule has 0 spiro atoms. The van der Waals surface area contributed by atoms with Gasteiger partial charge in [-0.2, -0.15) is 18.3 Å². The first kappa shape index (κ1) is 9.82. The first-order valence-electron chi connectivity index (χ1n) is 3.45. The average molecular weight is 195 g/mol. The number of hydrogen-bond acceptors (Lipinski definition) is 2. The Bertz CT molecular complexity index is 250. The maximum absolute atomic E-state index is 12.2. The Balaban J connectivity index is 2.91. The molecule has 0 fully saturated rings. The van der Waals surface area contributed by atoms with E-state index < -0.39 is 18.2 Å². The molecule has 0 aromatic carbocycles. The van der Waals surface area contributed by atoms with Crippen LogP contribution < -0.4 is 0 Å². The van der Waals surface area contributed by atoms with Crippen LogP contribution in [0.25, 0.3) is 0 Å². The standard InChI is InChI=1S/C6H8F3N3O/c1-11-4(6(7,8)9)3-10-12(2)5(11)13/h3-4H,1-2H3. The number of carbonyl (C=O) groups is 1. The Labute approximate surface area is 72.6 Å². The fraction of sp³-hybridized carbons (Fsp3) is 0.667. The largest absolute Gasteiger partial charge is 0.414 e. The third kappa shape index (κ3) is 1.73. The van der Waals surface area contributed by atoms with Gasteiger partial charge in [0.25, 0.3) is 0 Å². The number of urea groups is 1. The van der Waals surface area contributed by atoms with Gasteiger partial charge in [-0.15, -0.1) is 0 Å². The summed E-state index contributed by atoms with van der Waals surface area (Å²) >= 11 is 0. The van der Waals surface area contributed by atoms with Gasteiger partial charge in [0.15, 0.2) is 6.04 Å². The molecule has 13 heavy (non-hydrogen) atoms. The molecular weight excluding hydrogens is 187 g/mol. The second-order valence-corrected chi connectivity index (χ2v) is 2.67. The van der Waals surface area contributed by atoms with Crippen LogP contribution in [0, 0.1) is 0 Å². The lowest BCUT2D eigenvalue weighted by Gasteiger charge is -2.32. The Kier molecular flexibility index (Phi) is 2.19. The molecule has 0 N–H and O–H groups in total. The van der Waals surface area contributed by atoms with Gasteiger partial charge < -0.3 is 4.90 Å². The Hall–Kier alpha value is -1.27. The van der Waals surface area contributed by atoms with Crippen LogP contribution in [0.1, 0.15) is 0 Å². The summed E-state index contributed by atoms with van der Waals surface area (Å²) in [7, 11) is 2.38. The molecule has 0 aromatic rings. The molecule has 1 heterocycles. The zero-order valence-corrected chi connectivity index (χ0v) is 7.04. The summed E-state index contributed by atoms with van der Waals surface area (Å²) in [6, 6.07) is -2.69. The summed E-state index contributed by atoms with van der Waals surface area (Å²) in [6.45, 7) is 0. The van der Waals surface area contributed by atoms with E-state index in [1.807, 2.05) is 0 Å². The molecule has 0 saturated heterocycles.